The molecule has 0 saturated carbocycles. The smallest absolute Gasteiger partial charge is 0.0925 e. The fourth-order valence-corrected chi connectivity index (χ4v) is 2.18. The summed E-state index contributed by atoms with van der Waals surface area (Å²) in [7, 11) is 1.60. The van der Waals surface area contributed by atoms with E-state index in [2.05, 4.69) is 17.2 Å². The number of thiazole rings is 1. The van der Waals surface area contributed by atoms with Gasteiger partial charge in [0.25, 0.3) is 0 Å². The van der Waals surface area contributed by atoms with Crippen molar-refractivity contribution in [1.29, 1.82) is 0 Å². The highest BCUT2D eigenvalue weighted by Gasteiger charge is 2.03. The molecule has 0 aliphatic rings. The SMILES string of the molecule is CCc1ncc(CNCCC(O)COC)s1. The van der Waals surface area contributed by atoms with E-state index in [4.69, 9.17) is 4.74 Å². The predicted octanol–water partition coefficient (Wildman–Crippen LogP) is 1.19. The van der Waals surface area contributed by atoms with Crippen LogP contribution in [-0.4, -0.2) is 36.5 Å². The summed E-state index contributed by atoms with van der Waals surface area (Å²) >= 11 is 1.74. The molecule has 16 heavy (non-hydrogen) atoms. The Morgan fingerprint density at radius 2 is 2.44 bits per heavy atom. The Morgan fingerprint density at radius 3 is 3.06 bits per heavy atom. The molecular formula is C11H20N2O2S. The number of nitrogens with one attached hydrogen (secondary N) is 1. The van der Waals surface area contributed by atoms with Gasteiger partial charge in [-0.1, -0.05) is 6.92 Å². The lowest BCUT2D eigenvalue weighted by atomic mass is 10.2. The largest absolute Gasteiger partial charge is 0.391 e. The molecule has 1 aromatic heterocycles. The number of methoxy groups -OCH3 is 1. The van der Waals surface area contributed by atoms with Crippen LogP contribution < -0.4 is 5.32 Å². The van der Waals surface area contributed by atoms with Crippen LogP contribution in [0.3, 0.4) is 0 Å². The molecule has 0 aliphatic heterocycles. The maximum absolute atomic E-state index is 9.41. The van der Waals surface area contributed by atoms with Gasteiger partial charge in [0, 0.05) is 24.7 Å². The van der Waals surface area contributed by atoms with Gasteiger partial charge < -0.3 is 15.2 Å². The topological polar surface area (TPSA) is 54.4 Å². The van der Waals surface area contributed by atoms with Gasteiger partial charge in [-0.15, -0.1) is 11.3 Å². The summed E-state index contributed by atoms with van der Waals surface area (Å²) in [6.45, 7) is 4.14. The second kappa shape index (κ2) is 7.73. The number of rotatable bonds is 8. The van der Waals surface area contributed by atoms with Crippen LogP contribution in [0.4, 0.5) is 0 Å². The van der Waals surface area contributed by atoms with Crippen molar-refractivity contribution in [3.63, 3.8) is 0 Å². The molecule has 5 heteroatoms. The molecule has 2 N–H and O–H groups in total. The lowest BCUT2D eigenvalue weighted by Gasteiger charge is -2.09. The second-order valence-corrected chi connectivity index (χ2v) is 4.85. The van der Waals surface area contributed by atoms with Crippen molar-refractivity contribution in [2.24, 2.45) is 0 Å². The first-order valence-electron chi connectivity index (χ1n) is 5.57. The average Bonchev–Trinajstić information content (AvgIpc) is 2.73. The lowest BCUT2D eigenvalue weighted by Crippen LogP contribution is -2.22. The van der Waals surface area contributed by atoms with E-state index in [1.54, 1.807) is 18.4 Å². The lowest BCUT2D eigenvalue weighted by molar-refractivity contribution is 0.0594. The van der Waals surface area contributed by atoms with Crippen molar-refractivity contribution in [3.05, 3.63) is 16.1 Å². The average molecular weight is 244 g/mol. The predicted molar refractivity (Wildman–Crippen MR) is 65.7 cm³/mol. The number of nitrogens with zero attached hydrogens (tertiary/aromatic N) is 1. The minimum atomic E-state index is -0.370. The van der Waals surface area contributed by atoms with E-state index in [1.165, 1.54) is 9.88 Å². The summed E-state index contributed by atoms with van der Waals surface area (Å²) < 4.78 is 4.85. The molecule has 4 nitrogen and oxygen atoms in total. The molecule has 0 fully saturated rings. The van der Waals surface area contributed by atoms with Gasteiger partial charge in [-0.3, -0.25) is 0 Å². The summed E-state index contributed by atoms with van der Waals surface area (Å²) in [4.78, 5) is 5.54. The molecule has 0 spiro atoms. The summed E-state index contributed by atoms with van der Waals surface area (Å²) in [6, 6.07) is 0. The van der Waals surface area contributed by atoms with Crippen LogP contribution >= 0.6 is 11.3 Å². The molecular weight excluding hydrogens is 224 g/mol. The quantitative estimate of drug-likeness (QED) is 0.675. The van der Waals surface area contributed by atoms with Gasteiger partial charge in [0.2, 0.25) is 0 Å². The van der Waals surface area contributed by atoms with Crippen LogP contribution in [0.5, 0.6) is 0 Å². The van der Waals surface area contributed by atoms with Crippen LogP contribution in [0.1, 0.15) is 23.2 Å². The fraction of sp³-hybridized carbons (Fsp3) is 0.727. The first-order valence-corrected chi connectivity index (χ1v) is 6.39. The van der Waals surface area contributed by atoms with Crippen molar-refractivity contribution in [2.45, 2.75) is 32.4 Å². The minimum Gasteiger partial charge on any atom is -0.391 e. The van der Waals surface area contributed by atoms with E-state index < -0.39 is 0 Å². The maximum atomic E-state index is 9.41. The highest BCUT2D eigenvalue weighted by atomic mass is 32.1. The van der Waals surface area contributed by atoms with Crippen LogP contribution in [-0.2, 0) is 17.7 Å². The number of ether oxygens (including phenoxy) is 1. The third kappa shape index (κ3) is 5.03. The number of aryl methyl sites for hydroxylation is 1. The Hall–Kier alpha value is -0.490. The van der Waals surface area contributed by atoms with Gasteiger partial charge in [0.05, 0.1) is 17.7 Å². The van der Waals surface area contributed by atoms with Crippen molar-refractivity contribution >= 4 is 11.3 Å². The first kappa shape index (κ1) is 13.6. The molecule has 0 amide bonds. The molecule has 1 aromatic rings. The number of aliphatic hydroxyl groups excluding tert-OH is 1. The van der Waals surface area contributed by atoms with Crippen LogP contribution in [0.15, 0.2) is 6.20 Å². The number of hydrogen-bond acceptors (Lipinski definition) is 5. The minimum absolute atomic E-state index is 0.370. The van der Waals surface area contributed by atoms with E-state index in [9.17, 15) is 5.11 Å². The zero-order chi connectivity index (χ0) is 11.8. The molecule has 0 radical (unpaired) electrons. The van der Waals surface area contributed by atoms with Crippen LogP contribution in [0.25, 0.3) is 0 Å². The molecule has 1 rings (SSSR count). The number of aromatic nitrogens is 1. The van der Waals surface area contributed by atoms with Gasteiger partial charge in [-0.25, -0.2) is 4.98 Å². The van der Waals surface area contributed by atoms with E-state index in [0.717, 1.165) is 19.5 Å². The van der Waals surface area contributed by atoms with Gasteiger partial charge >= 0.3 is 0 Å². The van der Waals surface area contributed by atoms with E-state index in [-0.39, 0.29) is 6.10 Å². The summed E-state index contributed by atoms with van der Waals surface area (Å²) in [5.41, 5.74) is 0. The normalized spacial score (nSPS) is 12.9. The maximum Gasteiger partial charge on any atom is 0.0925 e. The van der Waals surface area contributed by atoms with Gasteiger partial charge in [0.1, 0.15) is 0 Å². The van der Waals surface area contributed by atoms with E-state index >= 15 is 0 Å². The summed E-state index contributed by atoms with van der Waals surface area (Å²) in [5.74, 6) is 0. The van der Waals surface area contributed by atoms with Gasteiger partial charge in [0.15, 0.2) is 0 Å². The zero-order valence-corrected chi connectivity index (χ0v) is 10.7. The van der Waals surface area contributed by atoms with Crippen LogP contribution in [0, 0.1) is 0 Å². The highest BCUT2D eigenvalue weighted by Crippen LogP contribution is 2.12. The van der Waals surface area contributed by atoms with E-state index in [1.807, 2.05) is 6.20 Å². The molecule has 1 unspecified atom stereocenters. The van der Waals surface area contributed by atoms with E-state index in [0.29, 0.717) is 13.0 Å². The summed E-state index contributed by atoms with van der Waals surface area (Å²) in [6.07, 6.45) is 3.26. The standard InChI is InChI=1S/C11H20N2O2S/c1-3-11-13-7-10(16-11)6-12-5-4-9(14)8-15-2/h7,9,12,14H,3-6,8H2,1-2H3. The fourth-order valence-electron chi connectivity index (χ4n) is 1.35. The zero-order valence-electron chi connectivity index (χ0n) is 9.90. The molecule has 1 heterocycles. The van der Waals surface area contributed by atoms with Crippen molar-refractivity contribution in [3.8, 4) is 0 Å². The van der Waals surface area contributed by atoms with Crippen LogP contribution in [0.2, 0.25) is 0 Å². The Labute approximate surface area is 101 Å². The van der Waals surface area contributed by atoms with Crippen molar-refractivity contribution in [2.75, 3.05) is 20.3 Å². The molecule has 0 saturated heterocycles. The molecule has 0 aromatic carbocycles. The van der Waals surface area contributed by atoms with Gasteiger partial charge in [-0.2, -0.15) is 0 Å². The Balaban J connectivity index is 2.11. The monoisotopic (exact) mass is 244 g/mol. The van der Waals surface area contributed by atoms with Gasteiger partial charge in [-0.05, 0) is 19.4 Å². The number of hydrogen-bond donors (Lipinski definition) is 2. The molecule has 0 bridgehead atoms. The Kier molecular flexibility index (Phi) is 6.56. The van der Waals surface area contributed by atoms with Crippen molar-refractivity contribution < 1.29 is 9.84 Å². The third-order valence-corrected chi connectivity index (χ3v) is 3.36. The van der Waals surface area contributed by atoms with Crippen molar-refractivity contribution in [1.82, 2.24) is 10.3 Å². The molecule has 92 valence electrons. The Morgan fingerprint density at radius 1 is 1.62 bits per heavy atom. The number of aliphatic hydroxyl groups is 1. The third-order valence-electron chi connectivity index (χ3n) is 2.22. The Bertz CT molecular complexity index is 291. The molecule has 0 aliphatic carbocycles. The highest BCUT2D eigenvalue weighted by molar-refractivity contribution is 7.11. The second-order valence-electron chi connectivity index (χ2n) is 3.65. The molecule has 1 atom stereocenters. The summed E-state index contributed by atoms with van der Waals surface area (Å²) in [5, 5.41) is 13.9. The first-order chi connectivity index (χ1) is 7.76.